The van der Waals surface area contributed by atoms with Crippen molar-refractivity contribution in [3.05, 3.63) is 59.7 Å². The third kappa shape index (κ3) is 5.35. The number of likely N-dealkylation sites (tertiary alicyclic amines) is 1. The number of carbonyl (C=O) groups excluding carboxylic acids is 2. The average molecular weight is 543 g/mol. The first kappa shape index (κ1) is 26.0. The molecule has 2 aromatic heterocycles. The summed E-state index contributed by atoms with van der Waals surface area (Å²) in [5.74, 6) is -2.42. The zero-order valence-corrected chi connectivity index (χ0v) is 21.1. The number of likely N-dealkylation sites (N-methyl/N-ethyl adjacent to an activating group) is 1. The molecule has 2 aliphatic heterocycles. The number of amides is 3. The molecule has 4 heterocycles. The number of nitrogens with zero attached hydrogens (tertiary/aromatic N) is 6. The first-order chi connectivity index (χ1) is 18.7. The molecule has 1 saturated heterocycles. The van der Waals surface area contributed by atoms with Crippen LogP contribution in [-0.2, 0) is 11.8 Å². The summed E-state index contributed by atoms with van der Waals surface area (Å²) in [4.78, 5) is 30.3. The minimum absolute atomic E-state index is 0.0156. The summed E-state index contributed by atoms with van der Waals surface area (Å²) in [5.41, 5.74) is 1.73. The summed E-state index contributed by atoms with van der Waals surface area (Å²) >= 11 is 0. The molecule has 1 aromatic carbocycles. The summed E-state index contributed by atoms with van der Waals surface area (Å²) in [7, 11) is 3.21. The summed E-state index contributed by atoms with van der Waals surface area (Å²) in [6.07, 6.45) is 3.91. The van der Waals surface area contributed by atoms with Crippen LogP contribution < -0.4 is 15.4 Å². The zero-order chi connectivity index (χ0) is 27.7. The van der Waals surface area contributed by atoms with E-state index >= 15 is 0 Å². The van der Waals surface area contributed by atoms with E-state index in [1.54, 1.807) is 7.05 Å². The van der Waals surface area contributed by atoms with E-state index in [1.807, 2.05) is 0 Å². The molecule has 0 radical (unpaired) electrons. The molecule has 3 amide bonds. The number of hydrogen-bond donors (Lipinski definition) is 2. The van der Waals surface area contributed by atoms with Gasteiger partial charge in [0, 0.05) is 38.9 Å². The maximum absolute atomic E-state index is 14.6. The topological polar surface area (TPSA) is 117 Å². The van der Waals surface area contributed by atoms with E-state index < -0.39 is 35.6 Å². The Hall–Kier alpha value is -4.62. The van der Waals surface area contributed by atoms with Gasteiger partial charge < -0.3 is 20.3 Å². The molecule has 0 unspecified atom stereocenters. The monoisotopic (exact) mass is 542 g/mol. The van der Waals surface area contributed by atoms with Crippen LogP contribution in [0.1, 0.15) is 18.0 Å². The van der Waals surface area contributed by atoms with Crippen LogP contribution in [0.25, 0.3) is 11.4 Å². The van der Waals surface area contributed by atoms with Crippen LogP contribution in [0.3, 0.4) is 0 Å². The Balaban J connectivity index is 1.24. The number of nitrogens with one attached hydrogen (secondary N) is 2. The number of hydrogen-bond acceptors (Lipinski definition) is 7. The largest absolute Gasteiger partial charge is 0.483 e. The molecule has 204 valence electrons. The number of ether oxygens (including phenoxy) is 1. The van der Waals surface area contributed by atoms with Gasteiger partial charge in [-0.25, -0.2) is 23.0 Å². The lowest BCUT2D eigenvalue weighted by atomic mass is 10.0. The maximum Gasteiger partial charge on any atom is 0.341 e. The summed E-state index contributed by atoms with van der Waals surface area (Å²) in [6.45, 7) is 0.343. The number of benzene rings is 1. The predicted octanol–water partition coefficient (Wildman–Crippen LogP) is 2.67. The van der Waals surface area contributed by atoms with Gasteiger partial charge >= 0.3 is 6.03 Å². The molecule has 11 nitrogen and oxygen atoms in total. The van der Waals surface area contributed by atoms with Crippen molar-refractivity contribution in [2.75, 3.05) is 32.0 Å². The van der Waals surface area contributed by atoms with Gasteiger partial charge in [0.1, 0.15) is 23.4 Å². The van der Waals surface area contributed by atoms with Crippen LogP contribution in [0.15, 0.2) is 41.8 Å². The van der Waals surface area contributed by atoms with E-state index in [0.29, 0.717) is 29.1 Å². The number of pyridine rings is 1. The van der Waals surface area contributed by atoms with E-state index in [0.717, 1.165) is 12.3 Å². The van der Waals surface area contributed by atoms with Crippen molar-refractivity contribution in [2.45, 2.75) is 18.6 Å². The Morgan fingerprint density at radius 1 is 1.10 bits per heavy atom. The van der Waals surface area contributed by atoms with Crippen LogP contribution in [-0.4, -0.2) is 75.6 Å². The Kier molecular flexibility index (Phi) is 7.09. The van der Waals surface area contributed by atoms with Crippen molar-refractivity contribution >= 4 is 23.8 Å². The molecule has 1 fully saturated rings. The highest BCUT2D eigenvalue weighted by molar-refractivity contribution is 5.82. The number of aryl methyl sites for hydroxylation is 1. The third-order valence-corrected chi connectivity index (χ3v) is 6.43. The fourth-order valence-corrected chi connectivity index (χ4v) is 4.41. The number of rotatable bonds is 7. The van der Waals surface area contributed by atoms with Crippen molar-refractivity contribution in [3.63, 3.8) is 0 Å². The van der Waals surface area contributed by atoms with Crippen LogP contribution in [0.5, 0.6) is 5.75 Å². The quantitative estimate of drug-likeness (QED) is 0.474. The number of hydrazone groups is 1. The van der Waals surface area contributed by atoms with Gasteiger partial charge in [-0.3, -0.25) is 14.5 Å². The lowest BCUT2D eigenvalue weighted by Gasteiger charge is -2.41. The van der Waals surface area contributed by atoms with E-state index in [-0.39, 0.29) is 31.3 Å². The lowest BCUT2D eigenvalue weighted by molar-refractivity contribution is -0.118. The molecule has 0 spiro atoms. The Labute approximate surface area is 221 Å². The molecule has 1 atom stereocenters. The van der Waals surface area contributed by atoms with Crippen LogP contribution >= 0.6 is 0 Å². The number of carbonyl (C=O) groups is 2. The molecule has 0 bridgehead atoms. The van der Waals surface area contributed by atoms with Crippen molar-refractivity contribution in [1.29, 1.82) is 0 Å². The Bertz CT molecular complexity index is 1420. The predicted molar refractivity (Wildman–Crippen MR) is 134 cm³/mol. The lowest BCUT2D eigenvalue weighted by Crippen LogP contribution is -2.58. The minimum Gasteiger partial charge on any atom is -0.483 e. The molecule has 0 saturated carbocycles. The highest BCUT2D eigenvalue weighted by Gasteiger charge is 2.39. The number of urea groups is 1. The summed E-state index contributed by atoms with van der Waals surface area (Å²) in [5, 5.41) is 15.0. The second-order valence-electron chi connectivity index (χ2n) is 9.08. The van der Waals surface area contributed by atoms with Crippen LogP contribution in [0.2, 0.25) is 0 Å². The standard InChI is InChI=1S/C25H25F3N8O3/c1-29-23(37)11-31-20-10-33-34(2)24(20)19-8-22(18(28)9-30-19)39-17-12-35(13-17)25(38)36-21(3-4-32-36)14-5-15(26)7-16(27)6-14/h4-10,17,21,31H,3,11-13H2,1-2H3,(H,29,37)/t21-/m0/s1. The highest BCUT2D eigenvalue weighted by Crippen LogP contribution is 2.33. The van der Waals surface area contributed by atoms with Gasteiger partial charge in [0.25, 0.3) is 0 Å². The summed E-state index contributed by atoms with van der Waals surface area (Å²) in [6, 6.07) is 3.47. The van der Waals surface area contributed by atoms with Crippen LogP contribution in [0.4, 0.5) is 23.7 Å². The first-order valence-electron chi connectivity index (χ1n) is 12.1. The highest BCUT2D eigenvalue weighted by atomic mass is 19.1. The van der Waals surface area contributed by atoms with Crippen molar-refractivity contribution in [2.24, 2.45) is 12.1 Å². The van der Waals surface area contributed by atoms with Crippen molar-refractivity contribution < 1.29 is 27.5 Å². The molecule has 3 aromatic rings. The van der Waals surface area contributed by atoms with E-state index in [1.165, 1.54) is 52.2 Å². The van der Waals surface area contributed by atoms with Gasteiger partial charge in [-0.05, 0) is 17.7 Å². The minimum atomic E-state index is -0.735. The zero-order valence-electron chi connectivity index (χ0n) is 21.1. The molecule has 14 heteroatoms. The SMILES string of the molecule is CNC(=O)CNc1cnn(C)c1-c1cc(OC2CN(C(=O)N3N=CC[C@H]3c3cc(F)cc(F)c3)C2)c(F)cn1. The number of halogens is 3. The first-order valence-corrected chi connectivity index (χ1v) is 12.1. The van der Waals surface area contributed by atoms with Crippen molar-refractivity contribution in [1.82, 2.24) is 30.0 Å². The normalized spacial score (nSPS) is 16.8. The molecular formula is C25H25F3N8O3. The van der Waals surface area contributed by atoms with Crippen LogP contribution in [0, 0.1) is 17.5 Å². The maximum atomic E-state index is 14.6. The molecule has 39 heavy (non-hydrogen) atoms. The van der Waals surface area contributed by atoms with Gasteiger partial charge in [-0.2, -0.15) is 10.2 Å². The summed E-state index contributed by atoms with van der Waals surface area (Å²) < 4.78 is 49.4. The van der Waals surface area contributed by atoms with Gasteiger partial charge in [0.15, 0.2) is 11.6 Å². The molecular weight excluding hydrogens is 517 g/mol. The fraction of sp³-hybridized carbons (Fsp3) is 0.320. The second kappa shape index (κ2) is 10.6. The van der Waals surface area contributed by atoms with Gasteiger partial charge in [-0.15, -0.1) is 0 Å². The van der Waals surface area contributed by atoms with E-state index in [4.69, 9.17) is 4.74 Å². The average Bonchev–Trinajstić information content (AvgIpc) is 3.51. The smallest absolute Gasteiger partial charge is 0.341 e. The molecule has 5 rings (SSSR count). The number of aromatic nitrogens is 3. The number of anilines is 1. The molecule has 0 aliphatic carbocycles. The molecule has 2 aliphatic rings. The fourth-order valence-electron chi connectivity index (χ4n) is 4.41. The van der Waals surface area contributed by atoms with Gasteiger partial charge in [0.05, 0.1) is 49.5 Å². The van der Waals surface area contributed by atoms with E-state index in [9.17, 15) is 22.8 Å². The second-order valence-corrected chi connectivity index (χ2v) is 9.08. The van der Waals surface area contributed by atoms with E-state index in [2.05, 4.69) is 25.8 Å². The third-order valence-electron chi connectivity index (χ3n) is 6.43. The van der Waals surface area contributed by atoms with Gasteiger partial charge in [-0.1, -0.05) is 0 Å². The van der Waals surface area contributed by atoms with Gasteiger partial charge in [0.2, 0.25) is 5.91 Å². The van der Waals surface area contributed by atoms with Crippen molar-refractivity contribution in [3.8, 4) is 17.1 Å². The Morgan fingerprint density at radius 3 is 2.56 bits per heavy atom. The Morgan fingerprint density at radius 2 is 1.85 bits per heavy atom. The molecule has 2 N–H and O–H groups in total.